The number of methoxy groups -OCH3 is 1. The highest BCUT2D eigenvalue weighted by atomic mass is 16.6. The van der Waals surface area contributed by atoms with Crippen LogP contribution in [0.5, 0.6) is 0 Å². The fourth-order valence-electron chi connectivity index (χ4n) is 1.86. The van der Waals surface area contributed by atoms with Crippen LogP contribution in [-0.4, -0.2) is 65.9 Å². The highest BCUT2D eigenvalue weighted by Gasteiger charge is 2.24. The van der Waals surface area contributed by atoms with Gasteiger partial charge in [-0.25, -0.2) is 0 Å². The molecular weight excluding hydrogens is 222 g/mol. The summed E-state index contributed by atoms with van der Waals surface area (Å²) in [5.74, 6) is 0. The molecule has 2 unspecified atom stereocenters. The van der Waals surface area contributed by atoms with Crippen LogP contribution in [0.2, 0.25) is 0 Å². The number of hydrogen-bond donors (Lipinski definition) is 1. The van der Waals surface area contributed by atoms with Crippen LogP contribution in [0.15, 0.2) is 0 Å². The van der Waals surface area contributed by atoms with Gasteiger partial charge < -0.3 is 24.3 Å². The second kappa shape index (κ2) is 9.79. The first-order valence-corrected chi connectivity index (χ1v) is 6.31. The lowest BCUT2D eigenvalue weighted by Crippen LogP contribution is -2.25. The zero-order valence-corrected chi connectivity index (χ0v) is 10.9. The van der Waals surface area contributed by atoms with Crippen LogP contribution >= 0.6 is 0 Å². The van der Waals surface area contributed by atoms with Crippen molar-refractivity contribution >= 4 is 0 Å². The van der Waals surface area contributed by atoms with Crippen LogP contribution in [0.1, 0.15) is 12.8 Å². The molecule has 0 bridgehead atoms. The molecule has 0 aromatic carbocycles. The summed E-state index contributed by atoms with van der Waals surface area (Å²) < 4.78 is 21.5. The third kappa shape index (κ3) is 6.95. The predicted octanol–water partition coefficient (Wildman–Crippen LogP) is 0.433. The first kappa shape index (κ1) is 14.9. The van der Waals surface area contributed by atoms with Gasteiger partial charge in [0.05, 0.1) is 45.2 Å². The summed E-state index contributed by atoms with van der Waals surface area (Å²) in [5.41, 5.74) is 0. The summed E-state index contributed by atoms with van der Waals surface area (Å²) in [6.07, 6.45) is 2.83. The zero-order valence-electron chi connectivity index (χ0n) is 10.9. The first-order chi connectivity index (χ1) is 8.36. The van der Waals surface area contributed by atoms with Gasteiger partial charge in [0.15, 0.2) is 0 Å². The Labute approximate surface area is 104 Å². The van der Waals surface area contributed by atoms with Crippen molar-refractivity contribution in [2.24, 2.45) is 0 Å². The molecule has 1 rings (SSSR count). The standard InChI is InChI=1S/C12H25NO4/c1-13-9-11-3-4-12(17-11)10-16-8-7-15-6-5-14-2/h11-13H,3-10H2,1-2H3. The van der Waals surface area contributed by atoms with Gasteiger partial charge in [0.2, 0.25) is 0 Å². The Morgan fingerprint density at radius 3 is 2.53 bits per heavy atom. The van der Waals surface area contributed by atoms with E-state index in [1.165, 1.54) is 0 Å². The van der Waals surface area contributed by atoms with E-state index in [2.05, 4.69) is 5.32 Å². The van der Waals surface area contributed by atoms with Crippen LogP contribution in [0.4, 0.5) is 0 Å². The van der Waals surface area contributed by atoms with Crippen molar-refractivity contribution in [2.45, 2.75) is 25.0 Å². The molecule has 1 heterocycles. The molecule has 0 saturated carbocycles. The second-order valence-electron chi connectivity index (χ2n) is 4.20. The van der Waals surface area contributed by atoms with Crippen LogP contribution in [0, 0.1) is 0 Å². The van der Waals surface area contributed by atoms with E-state index < -0.39 is 0 Å². The van der Waals surface area contributed by atoms with Crippen molar-refractivity contribution in [1.82, 2.24) is 5.32 Å². The van der Waals surface area contributed by atoms with E-state index in [1.807, 2.05) is 7.05 Å². The number of nitrogens with one attached hydrogen (secondary N) is 1. The van der Waals surface area contributed by atoms with Crippen LogP contribution in [0.25, 0.3) is 0 Å². The molecule has 0 aromatic heterocycles. The maximum absolute atomic E-state index is 5.80. The monoisotopic (exact) mass is 247 g/mol. The maximum Gasteiger partial charge on any atom is 0.0813 e. The fourth-order valence-corrected chi connectivity index (χ4v) is 1.86. The highest BCUT2D eigenvalue weighted by Crippen LogP contribution is 2.19. The first-order valence-electron chi connectivity index (χ1n) is 6.31. The summed E-state index contributed by atoms with van der Waals surface area (Å²) in [5, 5.41) is 3.13. The normalized spacial score (nSPS) is 24.4. The van der Waals surface area contributed by atoms with Crippen molar-refractivity contribution in [3.05, 3.63) is 0 Å². The smallest absolute Gasteiger partial charge is 0.0813 e. The number of hydrogen-bond acceptors (Lipinski definition) is 5. The average Bonchev–Trinajstić information content (AvgIpc) is 2.76. The van der Waals surface area contributed by atoms with Crippen molar-refractivity contribution < 1.29 is 18.9 Å². The van der Waals surface area contributed by atoms with Gasteiger partial charge in [-0.05, 0) is 19.9 Å². The Kier molecular flexibility index (Phi) is 8.56. The molecule has 0 amide bonds. The average molecular weight is 247 g/mol. The van der Waals surface area contributed by atoms with Crippen LogP contribution in [0.3, 0.4) is 0 Å². The van der Waals surface area contributed by atoms with Gasteiger partial charge in [-0.15, -0.1) is 0 Å². The SMILES string of the molecule is CNCC1CCC(COCCOCCOC)O1. The van der Waals surface area contributed by atoms with E-state index in [0.717, 1.165) is 19.4 Å². The van der Waals surface area contributed by atoms with Gasteiger partial charge in [-0.3, -0.25) is 0 Å². The third-order valence-corrected chi connectivity index (χ3v) is 2.73. The maximum atomic E-state index is 5.80. The van der Waals surface area contributed by atoms with E-state index >= 15 is 0 Å². The largest absolute Gasteiger partial charge is 0.382 e. The van der Waals surface area contributed by atoms with Crippen molar-refractivity contribution in [2.75, 3.05) is 53.7 Å². The Bertz CT molecular complexity index is 180. The van der Waals surface area contributed by atoms with Gasteiger partial charge in [-0.1, -0.05) is 0 Å². The molecule has 0 aromatic rings. The molecule has 0 spiro atoms. The van der Waals surface area contributed by atoms with E-state index in [4.69, 9.17) is 18.9 Å². The van der Waals surface area contributed by atoms with Gasteiger partial charge in [-0.2, -0.15) is 0 Å². The molecule has 5 heteroatoms. The minimum absolute atomic E-state index is 0.257. The van der Waals surface area contributed by atoms with E-state index in [-0.39, 0.29) is 6.10 Å². The van der Waals surface area contributed by atoms with Crippen molar-refractivity contribution in [3.8, 4) is 0 Å². The van der Waals surface area contributed by atoms with Crippen LogP contribution in [-0.2, 0) is 18.9 Å². The molecule has 1 fully saturated rings. The number of ether oxygens (including phenoxy) is 4. The van der Waals surface area contributed by atoms with Crippen LogP contribution < -0.4 is 5.32 Å². The highest BCUT2D eigenvalue weighted by molar-refractivity contribution is 4.74. The number of likely N-dealkylation sites (N-methyl/N-ethyl adjacent to an activating group) is 1. The molecular formula is C12H25NO4. The minimum atomic E-state index is 0.257. The summed E-state index contributed by atoms with van der Waals surface area (Å²) in [4.78, 5) is 0. The van der Waals surface area contributed by atoms with Gasteiger partial charge in [0, 0.05) is 13.7 Å². The minimum Gasteiger partial charge on any atom is -0.382 e. The number of rotatable bonds is 10. The van der Waals surface area contributed by atoms with E-state index in [9.17, 15) is 0 Å². The summed E-state index contributed by atoms with van der Waals surface area (Å²) in [6, 6.07) is 0. The zero-order chi connectivity index (χ0) is 12.3. The molecule has 102 valence electrons. The Morgan fingerprint density at radius 2 is 1.76 bits per heavy atom. The molecule has 1 aliphatic heterocycles. The summed E-state index contributed by atoms with van der Waals surface area (Å²) in [7, 11) is 3.61. The molecule has 1 aliphatic rings. The predicted molar refractivity (Wildman–Crippen MR) is 65.3 cm³/mol. The molecule has 17 heavy (non-hydrogen) atoms. The fraction of sp³-hybridized carbons (Fsp3) is 1.00. The second-order valence-corrected chi connectivity index (χ2v) is 4.20. The van der Waals surface area contributed by atoms with Crippen molar-refractivity contribution in [1.29, 1.82) is 0 Å². The lowest BCUT2D eigenvalue weighted by molar-refractivity contribution is -0.0315. The van der Waals surface area contributed by atoms with E-state index in [0.29, 0.717) is 39.1 Å². The summed E-state index contributed by atoms with van der Waals surface area (Å²) in [6.45, 7) is 4.11. The van der Waals surface area contributed by atoms with Gasteiger partial charge in [0.25, 0.3) is 0 Å². The summed E-state index contributed by atoms with van der Waals surface area (Å²) >= 11 is 0. The lowest BCUT2D eigenvalue weighted by atomic mass is 10.2. The lowest BCUT2D eigenvalue weighted by Gasteiger charge is -2.13. The Hall–Kier alpha value is -0.200. The van der Waals surface area contributed by atoms with E-state index in [1.54, 1.807) is 7.11 Å². The molecule has 0 radical (unpaired) electrons. The molecule has 2 atom stereocenters. The molecule has 5 nitrogen and oxygen atoms in total. The van der Waals surface area contributed by atoms with Gasteiger partial charge >= 0.3 is 0 Å². The Morgan fingerprint density at radius 1 is 1.06 bits per heavy atom. The molecule has 1 N–H and O–H groups in total. The molecule has 0 aliphatic carbocycles. The topological polar surface area (TPSA) is 49.0 Å². The van der Waals surface area contributed by atoms with Crippen molar-refractivity contribution in [3.63, 3.8) is 0 Å². The third-order valence-electron chi connectivity index (χ3n) is 2.73. The Balaban J connectivity index is 1.87. The van der Waals surface area contributed by atoms with Gasteiger partial charge in [0.1, 0.15) is 0 Å². The quantitative estimate of drug-likeness (QED) is 0.567. The molecule has 1 saturated heterocycles.